The molecule has 10 heteroatoms. The molecule has 0 saturated carbocycles. The van der Waals surface area contributed by atoms with E-state index in [-0.39, 0.29) is 0 Å². The summed E-state index contributed by atoms with van der Waals surface area (Å²) in [6, 6.07) is 5.24. The van der Waals surface area contributed by atoms with Crippen LogP contribution >= 0.6 is 23.2 Å². The summed E-state index contributed by atoms with van der Waals surface area (Å²) in [6.45, 7) is 4.05. The number of benzene rings is 1. The van der Waals surface area contributed by atoms with Crippen LogP contribution in [0.1, 0.15) is 36.5 Å². The third-order valence-corrected chi connectivity index (χ3v) is 5.16. The lowest BCUT2D eigenvalue weighted by Crippen LogP contribution is -2.01. The van der Waals surface area contributed by atoms with Crippen molar-refractivity contribution >= 4 is 59.0 Å². The molecule has 0 aliphatic heterocycles. The average molecular weight is 500 g/mol. The Labute approximate surface area is 207 Å². The third-order valence-electron chi connectivity index (χ3n) is 4.42. The highest BCUT2D eigenvalue weighted by atomic mass is 35.5. The van der Waals surface area contributed by atoms with Crippen LogP contribution in [-0.4, -0.2) is 34.0 Å². The molecule has 2 heterocycles. The van der Waals surface area contributed by atoms with Gasteiger partial charge in [0.25, 0.3) is 0 Å². The molecule has 2 aromatic heterocycles. The van der Waals surface area contributed by atoms with Gasteiger partial charge in [-0.2, -0.15) is 0 Å². The van der Waals surface area contributed by atoms with Gasteiger partial charge < -0.3 is 14.8 Å². The molecule has 0 spiro atoms. The topological polar surface area (TPSA) is 95.2 Å². The normalized spacial score (nSPS) is 12.2. The van der Waals surface area contributed by atoms with Gasteiger partial charge in [0, 0.05) is 11.3 Å². The number of aromatic nitrogens is 4. The SMILES string of the molecule is C/C=C\c1nonc1/C=C/CO/C=C/c1ncnc(Nc2ccc(Cl)c(Cl)c2)c1/C=C(\C)OC. The summed E-state index contributed by atoms with van der Waals surface area (Å²) in [5, 5.41) is 11.8. The van der Waals surface area contributed by atoms with E-state index in [0.717, 1.165) is 5.69 Å². The number of hydrogen-bond donors (Lipinski definition) is 1. The van der Waals surface area contributed by atoms with Gasteiger partial charge in [-0.25, -0.2) is 14.6 Å². The molecule has 0 fully saturated rings. The van der Waals surface area contributed by atoms with Gasteiger partial charge in [0.05, 0.1) is 34.9 Å². The van der Waals surface area contributed by atoms with Crippen LogP contribution in [0.5, 0.6) is 0 Å². The van der Waals surface area contributed by atoms with E-state index < -0.39 is 0 Å². The van der Waals surface area contributed by atoms with Gasteiger partial charge in [-0.05, 0) is 72.7 Å². The minimum Gasteiger partial charge on any atom is -0.501 e. The van der Waals surface area contributed by atoms with Gasteiger partial charge in [-0.15, -0.1) is 0 Å². The molecule has 176 valence electrons. The molecule has 0 bridgehead atoms. The lowest BCUT2D eigenvalue weighted by molar-refractivity contribution is 0.293. The molecule has 0 atom stereocenters. The number of hydrogen-bond acceptors (Lipinski definition) is 8. The van der Waals surface area contributed by atoms with E-state index in [1.807, 2.05) is 44.2 Å². The zero-order chi connectivity index (χ0) is 24.3. The van der Waals surface area contributed by atoms with Gasteiger partial charge >= 0.3 is 0 Å². The first-order chi connectivity index (χ1) is 16.5. The summed E-state index contributed by atoms with van der Waals surface area (Å²) < 4.78 is 15.6. The van der Waals surface area contributed by atoms with E-state index in [4.69, 9.17) is 37.3 Å². The second kappa shape index (κ2) is 12.6. The smallest absolute Gasteiger partial charge is 0.141 e. The molecule has 1 N–H and O–H groups in total. The molecule has 0 aliphatic rings. The van der Waals surface area contributed by atoms with Gasteiger partial charge in [0.1, 0.15) is 30.1 Å². The average Bonchev–Trinajstić information content (AvgIpc) is 3.27. The molecule has 0 saturated heterocycles. The molecule has 0 aliphatic carbocycles. The van der Waals surface area contributed by atoms with E-state index in [2.05, 4.69) is 25.6 Å². The Hall–Kier alpha value is -3.62. The van der Waals surface area contributed by atoms with Crippen molar-refractivity contribution in [2.45, 2.75) is 13.8 Å². The van der Waals surface area contributed by atoms with Crippen molar-refractivity contribution in [3.05, 3.63) is 81.4 Å². The lowest BCUT2D eigenvalue weighted by Gasteiger charge is -2.12. The number of rotatable bonds is 10. The molecule has 1 aromatic carbocycles. The molecule has 0 amide bonds. The minimum atomic E-state index is 0.320. The summed E-state index contributed by atoms with van der Waals surface area (Å²) in [5.74, 6) is 1.25. The van der Waals surface area contributed by atoms with E-state index in [0.29, 0.717) is 50.9 Å². The van der Waals surface area contributed by atoms with Gasteiger partial charge in [-0.1, -0.05) is 29.3 Å². The zero-order valence-corrected chi connectivity index (χ0v) is 20.3. The van der Waals surface area contributed by atoms with E-state index in [9.17, 15) is 0 Å². The van der Waals surface area contributed by atoms with Crippen molar-refractivity contribution in [2.75, 3.05) is 19.0 Å². The van der Waals surface area contributed by atoms with Crippen molar-refractivity contribution in [1.82, 2.24) is 20.3 Å². The molecule has 8 nitrogen and oxygen atoms in total. The standard InChI is InChI=1S/C24H23Cl2N5O3/c1-4-6-22-23(31-34-30-22)7-5-11-33-12-10-21-18(13-16(2)32-3)24(28-15-27-21)29-17-8-9-19(25)20(26)14-17/h4-10,12-15H,11H2,1-3H3,(H,27,28,29)/b6-4-,7-5+,12-10+,16-13+. The van der Waals surface area contributed by atoms with Crippen LogP contribution in [0.15, 0.2) is 53.3 Å². The fourth-order valence-corrected chi connectivity index (χ4v) is 3.03. The highest BCUT2D eigenvalue weighted by Gasteiger charge is 2.10. The first-order valence-corrected chi connectivity index (χ1v) is 11.0. The van der Waals surface area contributed by atoms with Crippen LogP contribution in [0.2, 0.25) is 10.0 Å². The van der Waals surface area contributed by atoms with E-state index in [1.54, 1.807) is 37.7 Å². The molecule has 0 unspecified atom stereocenters. The zero-order valence-electron chi connectivity index (χ0n) is 18.8. The third kappa shape index (κ3) is 6.94. The number of nitrogens with one attached hydrogen (secondary N) is 1. The van der Waals surface area contributed by atoms with Crippen LogP contribution < -0.4 is 5.32 Å². The van der Waals surface area contributed by atoms with E-state index in [1.165, 1.54) is 6.33 Å². The monoisotopic (exact) mass is 499 g/mol. The highest BCUT2D eigenvalue weighted by molar-refractivity contribution is 6.42. The second-order valence-corrected chi connectivity index (χ2v) is 7.62. The summed E-state index contributed by atoms with van der Waals surface area (Å²) in [7, 11) is 1.60. The van der Waals surface area contributed by atoms with Crippen molar-refractivity contribution in [2.24, 2.45) is 0 Å². The summed E-state index contributed by atoms with van der Waals surface area (Å²) in [6.07, 6.45) is 13.9. The maximum atomic E-state index is 6.14. The molecule has 3 aromatic rings. The van der Waals surface area contributed by atoms with Crippen molar-refractivity contribution < 1.29 is 14.1 Å². The fraction of sp³-hybridized carbons (Fsp3) is 0.167. The number of allylic oxidation sites excluding steroid dienone is 2. The Kier molecular flexibility index (Phi) is 9.25. The maximum Gasteiger partial charge on any atom is 0.141 e. The maximum absolute atomic E-state index is 6.14. The van der Waals surface area contributed by atoms with Gasteiger partial charge in [0.15, 0.2) is 0 Å². The Bertz CT molecular complexity index is 1240. The minimum absolute atomic E-state index is 0.320. The molecular weight excluding hydrogens is 477 g/mol. The van der Waals surface area contributed by atoms with Crippen molar-refractivity contribution in [3.8, 4) is 0 Å². The van der Waals surface area contributed by atoms with Crippen LogP contribution in [0, 0.1) is 0 Å². The van der Waals surface area contributed by atoms with E-state index >= 15 is 0 Å². The first kappa shape index (κ1) is 25.0. The number of methoxy groups -OCH3 is 1. The predicted molar refractivity (Wildman–Crippen MR) is 135 cm³/mol. The number of nitrogens with zero attached hydrogens (tertiary/aromatic N) is 4. The summed E-state index contributed by atoms with van der Waals surface area (Å²) >= 11 is 12.2. The molecule has 3 rings (SSSR count). The molecule has 0 radical (unpaired) electrons. The van der Waals surface area contributed by atoms with Crippen LogP contribution in [0.3, 0.4) is 0 Å². The number of ether oxygens (including phenoxy) is 2. The number of halogens is 2. The molecular formula is C24H23Cl2N5O3. The largest absolute Gasteiger partial charge is 0.501 e. The van der Waals surface area contributed by atoms with Gasteiger partial charge in [0.2, 0.25) is 0 Å². The number of anilines is 2. The fourth-order valence-electron chi connectivity index (χ4n) is 2.73. The highest BCUT2D eigenvalue weighted by Crippen LogP contribution is 2.29. The summed E-state index contributed by atoms with van der Waals surface area (Å²) in [4.78, 5) is 8.74. The van der Waals surface area contributed by atoms with Crippen LogP contribution in [-0.2, 0) is 9.47 Å². The van der Waals surface area contributed by atoms with Crippen molar-refractivity contribution in [1.29, 1.82) is 0 Å². The quantitative estimate of drug-likeness (QED) is 0.244. The molecule has 34 heavy (non-hydrogen) atoms. The predicted octanol–water partition coefficient (Wildman–Crippen LogP) is 6.65. The van der Waals surface area contributed by atoms with Gasteiger partial charge in [-0.3, -0.25) is 0 Å². The van der Waals surface area contributed by atoms with Crippen LogP contribution in [0.25, 0.3) is 24.3 Å². The first-order valence-electron chi connectivity index (χ1n) is 10.2. The lowest BCUT2D eigenvalue weighted by atomic mass is 10.1. The Morgan fingerprint density at radius 3 is 2.59 bits per heavy atom. The second-order valence-electron chi connectivity index (χ2n) is 6.81. The van der Waals surface area contributed by atoms with Crippen molar-refractivity contribution in [3.63, 3.8) is 0 Å². The summed E-state index contributed by atoms with van der Waals surface area (Å²) in [5.41, 5.74) is 3.36. The Morgan fingerprint density at radius 2 is 1.85 bits per heavy atom. The Morgan fingerprint density at radius 1 is 1.06 bits per heavy atom. The Balaban J connectivity index is 1.75. The van der Waals surface area contributed by atoms with Crippen LogP contribution in [0.4, 0.5) is 11.5 Å².